The van der Waals surface area contributed by atoms with Crippen LogP contribution in [0.4, 0.5) is 0 Å². The largest absolute Gasteiger partial charge is 0.507 e. The lowest BCUT2D eigenvalue weighted by molar-refractivity contribution is 0.101. The molecule has 3 rings (SSSR count). The van der Waals surface area contributed by atoms with E-state index in [0.29, 0.717) is 11.1 Å². The van der Waals surface area contributed by atoms with Gasteiger partial charge in [0.25, 0.3) is 0 Å². The highest BCUT2D eigenvalue weighted by Gasteiger charge is 2.31. The number of ketones is 1. The van der Waals surface area contributed by atoms with Crippen molar-refractivity contribution in [1.29, 1.82) is 10.5 Å². The Morgan fingerprint density at radius 1 is 1.19 bits per heavy atom. The first kappa shape index (κ1) is 18.2. The molecule has 0 bridgehead atoms. The van der Waals surface area contributed by atoms with Crippen molar-refractivity contribution in [3.8, 4) is 23.6 Å². The van der Waals surface area contributed by atoms with Gasteiger partial charge in [-0.25, -0.2) is 0 Å². The number of hydrogen-bond donors (Lipinski definition) is 1. The molecule has 6 heteroatoms. The number of phenolic OH excluding ortho intramolecular Hbond substituents is 1. The van der Waals surface area contributed by atoms with Crippen LogP contribution in [-0.2, 0) is 6.54 Å². The molecule has 0 saturated heterocycles. The quantitative estimate of drug-likeness (QED) is 0.650. The maximum Gasteiger partial charge on any atom is 0.231 e. The molecule has 2 aromatic rings. The smallest absolute Gasteiger partial charge is 0.231 e. The summed E-state index contributed by atoms with van der Waals surface area (Å²) in [6.07, 6.45) is 1.67. The summed E-state index contributed by atoms with van der Waals surface area (Å²) >= 11 is 0. The second-order valence-corrected chi connectivity index (χ2v) is 6.26. The third kappa shape index (κ3) is 3.82. The third-order valence-corrected chi connectivity index (χ3v) is 4.23. The molecular formula is C21H17N3O3. The Bertz CT molecular complexity index is 996. The Hall–Kier alpha value is -3.61. The van der Waals surface area contributed by atoms with E-state index in [0.717, 1.165) is 11.1 Å². The van der Waals surface area contributed by atoms with E-state index >= 15 is 0 Å². The first-order valence-electron chi connectivity index (χ1n) is 8.35. The van der Waals surface area contributed by atoms with Gasteiger partial charge in [0, 0.05) is 6.54 Å². The number of allylic oxidation sites excluding steroid dienone is 1. The van der Waals surface area contributed by atoms with Crippen molar-refractivity contribution in [3.05, 3.63) is 64.4 Å². The molecule has 1 heterocycles. The van der Waals surface area contributed by atoms with Crippen LogP contribution in [0.5, 0.6) is 11.5 Å². The summed E-state index contributed by atoms with van der Waals surface area (Å²) in [7, 11) is 0. The predicted octanol–water partition coefficient (Wildman–Crippen LogP) is 3.17. The van der Waals surface area contributed by atoms with Gasteiger partial charge in [-0.05, 0) is 30.7 Å². The normalized spacial score (nSPS) is 13.9. The number of aryl methyl sites for hydroxylation is 1. The fourth-order valence-electron chi connectivity index (χ4n) is 2.95. The molecule has 0 radical (unpaired) electrons. The summed E-state index contributed by atoms with van der Waals surface area (Å²) < 4.78 is 5.79. The van der Waals surface area contributed by atoms with Crippen molar-refractivity contribution in [2.45, 2.75) is 13.5 Å². The van der Waals surface area contributed by atoms with Crippen LogP contribution in [0.2, 0.25) is 0 Å². The Labute approximate surface area is 157 Å². The molecule has 0 atom stereocenters. The van der Waals surface area contributed by atoms with Crippen LogP contribution in [0.1, 0.15) is 27.0 Å². The van der Waals surface area contributed by atoms with E-state index in [-0.39, 0.29) is 42.7 Å². The highest BCUT2D eigenvalue weighted by atomic mass is 16.5. The van der Waals surface area contributed by atoms with Gasteiger partial charge in [0.2, 0.25) is 5.78 Å². The lowest BCUT2D eigenvalue weighted by atomic mass is 10.0. The van der Waals surface area contributed by atoms with Crippen LogP contribution in [0.3, 0.4) is 0 Å². The molecule has 2 aromatic carbocycles. The number of nitrogens with zero attached hydrogens (tertiary/aromatic N) is 3. The van der Waals surface area contributed by atoms with Crippen molar-refractivity contribution < 1.29 is 14.6 Å². The van der Waals surface area contributed by atoms with Gasteiger partial charge < -0.3 is 9.84 Å². The Morgan fingerprint density at radius 2 is 1.93 bits per heavy atom. The Morgan fingerprint density at radius 3 is 2.59 bits per heavy atom. The van der Waals surface area contributed by atoms with Crippen molar-refractivity contribution in [2.75, 3.05) is 13.1 Å². The second kappa shape index (κ2) is 7.74. The molecule has 0 amide bonds. The number of carbonyl (C=O) groups excluding carboxylic acids is 1. The van der Waals surface area contributed by atoms with Crippen LogP contribution in [0.25, 0.3) is 6.08 Å². The predicted molar refractivity (Wildman–Crippen MR) is 98.7 cm³/mol. The number of nitriles is 2. The molecule has 6 nitrogen and oxygen atoms in total. The molecule has 0 unspecified atom stereocenters. The van der Waals surface area contributed by atoms with E-state index in [4.69, 9.17) is 15.3 Å². The molecule has 0 aromatic heterocycles. The first-order valence-corrected chi connectivity index (χ1v) is 8.35. The standard InChI is InChI=1S/C21H17N3O3/c1-14-3-2-4-15(11-14)12-19-20(26)16-5-6-18(25)17(21(16)27-19)13-24(9-7-22)10-8-23/h2-6,11-12,25H,9-10,13H2,1H3. The molecule has 1 aliphatic heterocycles. The van der Waals surface area contributed by atoms with E-state index in [1.165, 1.54) is 12.1 Å². The number of carbonyl (C=O) groups is 1. The maximum atomic E-state index is 12.7. The van der Waals surface area contributed by atoms with Crippen LogP contribution in [-0.4, -0.2) is 28.9 Å². The Balaban J connectivity index is 1.96. The second-order valence-electron chi connectivity index (χ2n) is 6.26. The van der Waals surface area contributed by atoms with E-state index in [9.17, 15) is 9.90 Å². The van der Waals surface area contributed by atoms with Gasteiger partial charge >= 0.3 is 0 Å². The van der Waals surface area contributed by atoms with E-state index in [2.05, 4.69) is 0 Å². The number of ether oxygens (including phenoxy) is 1. The van der Waals surface area contributed by atoms with E-state index < -0.39 is 0 Å². The van der Waals surface area contributed by atoms with Gasteiger partial charge in [0.05, 0.1) is 36.4 Å². The van der Waals surface area contributed by atoms with Gasteiger partial charge in [0.15, 0.2) is 5.76 Å². The zero-order chi connectivity index (χ0) is 19.4. The van der Waals surface area contributed by atoms with Gasteiger partial charge in [-0.1, -0.05) is 29.8 Å². The van der Waals surface area contributed by atoms with Gasteiger partial charge in [-0.2, -0.15) is 10.5 Å². The van der Waals surface area contributed by atoms with Crippen LogP contribution >= 0.6 is 0 Å². The summed E-state index contributed by atoms with van der Waals surface area (Å²) in [5.74, 6) is 0.147. The van der Waals surface area contributed by atoms with Gasteiger partial charge in [-0.15, -0.1) is 0 Å². The zero-order valence-corrected chi connectivity index (χ0v) is 14.8. The molecule has 0 saturated carbocycles. The lowest BCUT2D eigenvalue weighted by Gasteiger charge is -2.17. The minimum Gasteiger partial charge on any atom is -0.507 e. The van der Waals surface area contributed by atoms with Gasteiger partial charge in [0.1, 0.15) is 11.5 Å². The van der Waals surface area contributed by atoms with Crippen LogP contribution in [0.15, 0.2) is 42.2 Å². The molecule has 1 aliphatic rings. The number of hydrogen-bond acceptors (Lipinski definition) is 6. The third-order valence-electron chi connectivity index (χ3n) is 4.23. The van der Waals surface area contributed by atoms with Crippen molar-refractivity contribution in [2.24, 2.45) is 0 Å². The topological polar surface area (TPSA) is 97.3 Å². The number of rotatable bonds is 5. The fourth-order valence-corrected chi connectivity index (χ4v) is 2.95. The number of phenols is 1. The highest BCUT2D eigenvalue weighted by molar-refractivity contribution is 6.15. The SMILES string of the molecule is Cc1cccc(C=C2Oc3c(ccc(O)c3CN(CC#N)CC#N)C2=O)c1. The van der Waals surface area contributed by atoms with Crippen LogP contribution < -0.4 is 4.74 Å². The van der Waals surface area contributed by atoms with Crippen LogP contribution in [0, 0.1) is 29.6 Å². The molecule has 1 N–H and O–H groups in total. The molecule has 0 fully saturated rings. The monoisotopic (exact) mass is 359 g/mol. The highest BCUT2D eigenvalue weighted by Crippen LogP contribution is 2.40. The van der Waals surface area contributed by atoms with E-state index in [1.54, 1.807) is 11.0 Å². The molecule has 134 valence electrons. The fraction of sp³-hybridized carbons (Fsp3) is 0.190. The summed E-state index contributed by atoms with van der Waals surface area (Å²) in [4.78, 5) is 14.3. The van der Waals surface area contributed by atoms with Crippen molar-refractivity contribution in [1.82, 2.24) is 4.90 Å². The van der Waals surface area contributed by atoms with E-state index in [1.807, 2.05) is 43.3 Å². The number of benzene rings is 2. The summed E-state index contributed by atoms with van der Waals surface area (Å²) in [6, 6.07) is 14.6. The summed E-state index contributed by atoms with van der Waals surface area (Å²) in [5, 5.41) is 28.1. The number of aromatic hydroxyl groups is 1. The maximum absolute atomic E-state index is 12.7. The number of fused-ring (bicyclic) bond motifs is 1. The minimum atomic E-state index is -0.264. The van der Waals surface area contributed by atoms with Gasteiger partial charge in [-0.3, -0.25) is 9.69 Å². The average Bonchev–Trinajstić information content (AvgIpc) is 2.94. The summed E-state index contributed by atoms with van der Waals surface area (Å²) in [5.41, 5.74) is 2.65. The number of Topliss-reactive ketones (excluding diaryl/α,β-unsaturated/α-hetero) is 1. The zero-order valence-electron chi connectivity index (χ0n) is 14.8. The lowest BCUT2D eigenvalue weighted by Crippen LogP contribution is -2.24. The van der Waals surface area contributed by atoms with Crippen molar-refractivity contribution >= 4 is 11.9 Å². The average molecular weight is 359 g/mol. The Kier molecular flexibility index (Phi) is 5.21. The minimum absolute atomic E-state index is 0.0244. The first-order chi connectivity index (χ1) is 13.0. The summed E-state index contributed by atoms with van der Waals surface area (Å²) in [6.45, 7) is 2.14. The van der Waals surface area contributed by atoms with Crippen molar-refractivity contribution in [3.63, 3.8) is 0 Å². The molecule has 0 aliphatic carbocycles. The molecule has 0 spiro atoms. The molecular weight excluding hydrogens is 342 g/mol. The molecule has 27 heavy (non-hydrogen) atoms.